The Labute approximate surface area is 153 Å². The molecule has 1 aromatic carbocycles. The molecule has 0 aliphatic carbocycles. The van der Waals surface area contributed by atoms with Crippen LogP contribution >= 0.6 is 11.6 Å². The van der Waals surface area contributed by atoms with Gasteiger partial charge in [-0.25, -0.2) is 4.79 Å². The molecule has 0 bridgehead atoms. The molecule has 0 spiro atoms. The number of likely N-dealkylation sites (tertiary alicyclic amines) is 1. The molecule has 1 aliphatic heterocycles. The third kappa shape index (κ3) is 6.43. The summed E-state index contributed by atoms with van der Waals surface area (Å²) < 4.78 is 33.0. The number of carbonyl (C=O) groups is 1. The first-order chi connectivity index (χ1) is 11.8. The molecule has 8 heteroatoms. The summed E-state index contributed by atoms with van der Waals surface area (Å²) >= 11 is 6.20. The van der Waals surface area contributed by atoms with Crippen LogP contribution < -0.4 is 0 Å². The maximum Gasteiger partial charge on any atom is 0.330 e. The minimum absolute atomic E-state index is 0.254. The van der Waals surface area contributed by atoms with E-state index >= 15 is 0 Å². The molecule has 138 valence electrons. The topological polar surface area (TPSA) is 72.9 Å². The summed E-state index contributed by atoms with van der Waals surface area (Å²) in [6.45, 7) is 3.61. The zero-order valence-electron chi connectivity index (χ0n) is 14.3. The van der Waals surface area contributed by atoms with Crippen molar-refractivity contribution in [1.29, 1.82) is 0 Å². The molecule has 0 aromatic heterocycles. The van der Waals surface area contributed by atoms with Crippen molar-refractivity contribution in [2.75, 3.05) is 26.0 Å². The summed E-state index contributed by atoms with van der Waals surface area (Å²) in [6.07, 6.45) is 2.15. The normalized spacial score (nSPS) is 20.6. The van der Waals surface area contributed by atoms with Crippen LogP contribution in [0, 0.1) is 0 Å². The van der Waals surface area contributed by atoms with Crippen LogP contribution in [-0.2, 0) is 30.4 Å². The Morgan fingerprint density at radius 2 is 2.12 bits per heavy atom. The molecule has 1 fully saturated rings. The largest absolute Gasteiger partial charge is 0.463 e. The van der Waals surface area contributed by atoms with E-state index in [1.165, 1.54) is 6.08 Å². The highest BCUT2D eigenvalue weighted by molar-refractivity contribution is 7.86. The summed E-state index contributed by atoms with van der Waals surface area (Å²) in [6, 6.07) is 7.54. The fourth-order valence-corrected chi connectivity index (χ4v) is 3.56. The van der Waals surface area contributed by atoms with E-state index in [0.29, 0.717) is 36.7 Å². The van der Waals surface area contributed by atoms with E-state index in [1.54, 1.807) is 6.92 Å². The summed E-state index contributed by atoms with van der Waals surface area (Å²) in [7, 11) is -3.62. The molecule has 0 amide bonds. The Kier molecular flexibility index (Phi) is 7.01. The molecule has 25 heavy (non-hydrogen) atoms. The Morgan fingerprint density at radius 1 is 1.40 bits per heavy atom. The maximum absolute atomic E-state index is 11.8. The van der Waals surface area contributed by atoms with Crippen LogP contribution in [0.25, 0.3) is 0 Å². The van der Waals surface area contributed by atoms with E-state index in [1.807, 2.05) is 24.3 Å². The smallest absolute Gasteiger partial charge is 0.330 e. The Hall–Kier alpha value is -1.41. The maximum atomic E-state index is 11.8. The SMILES string of the molecule is CCOC(=O)/C=C1\CN(Cc2ccccc2Cl)CCC1OS(C)(=O)=O. The minimum atomic E-state index is -3.62. The van der Waals surface area contributed by atoms with Crippen LogP contribution in [0.15, 0.2) is 35.9 Å². The lowest BCUT2D eigenvalue weighted by atomic mass is 10.0. The number of ether oxygens (including phenoxy) is 1. The van der Waals surface area contributed by atoms with Gasteiger partial charge in [-0.1, -0.05) is 29.8 Å². The van der Waals surface area contributed by atoms with Crippen molar-refractivity contribution in [1.82, 2.24) is 4.90 Å². The molecule has 0 N–H and O–H groups in total. The lowest BCUT2D eigenvalue weighted by Crippen LogP contribution is -2.39. The predicted octanol–water partition coefficient (Wildman–Crippen LogP) is 2.38. The van der Waals surface area contributed by atoms with Crippen molar-refractivity contribution in [3.63, 3.8) is 0 Å². The molecular weight excluding hydrogens is 366 g/mol. The zero-order valence-corrected chi connectivity index (χ0v) is 15.8. The first kappa shape index (κ1) is 19.9. The van der Waals surface area contributed by atoms with Gasteiger partial charge in [-0.2, -0.15) is 8.42 Å². The van der Waals surface area contributed by atoms with Crippen molar-refractivity contribution < 1.29 is 22.1 Å². The number of carbonyl (C=O) groups excluding carboxylic acids is 1. The quantitative estimate of drug-likeness (QED) is 0.424. The molecule has 1 aromatic rings. The average molecular weight is 388 g/mol. The second-order valence-electron chi connectivity index (χ2n) is 5.85. The number of nitrogens with zero attached hydrogens (tertiary/aromatic N) is 1. The number of hydrogen-bond donors (Lipinski definition) is 0. The summed E-state index contributed by atoms with van der Waals surface area (Å²) in [5.41, 5.74) is 1.56. The third-order valence-electron chi connectivity index (χ3n) is 3.76. The molecule has 1 unspecified atom stereocenters. The van der Waals surface area contributed by atoms with Crippen molar-refractivity contribution >= 4 is 27.7 Å². The number of esters is 1. The molecule has 1 aliphatic rings. The van der Waals surface area contributed by atoms with Gasteiger partial charge in [0.15, 0.2) is 0 Å². The molecule has 1 heterocycles. The van der Waals surface area contributed by atoms with E-state index in [2.05, 4.69) is 4.90 Å². The Morgan fingerprint density at radius 3 is 2.76 bits per heavy atom. The van der Waals surface area contributed by atoms with E-state index < -0.39 is 22.2 Å². The van der Waals surface area contributed by atoms with Crippen LogP contribution in [0.4, 0.5) is 0 Å². The van der Waals surface area contributed by atoms with Gasteiger partial charge in [0.1, 0.15) is 6.10 Å². The molecule has 1 atom stereocenters. The van der Waals surface area contributed by atoms with E-state index in [4.69, 9.17) is 20.5 Å². The monoisotopic (exact) mass is 387 g/mol. The van der Waals surface area contributed by atoms with Gasteiger partial charge in [0.05, 0.1) is 12.9 Å². The van der Waals surface area contributed by atoms with Gasteiger partial charge < -0.3 is 4.74 Å². The van der Waals surface area contributed by atoms with Gasteiger partial charge in [0.2, 0.25) is 0 Å². The van der Waals surface area contributed by atoms with Gasteiger partial charge in [-0.15, -0.1) is 0 Å². The van der Waals surface area contributed by atoms with Gasteiger partial charge in [0, 0.05) is 30.7 Å². The van der Waals surface area contributed by atoms with Crippen LogP contribution in [0.2, 0.25) is 5.02 Å². The minimum Gasteiger partial charge on any atom is -0.463 e. The fraction of sp³-hybridized carbons (Fsp3) is 0.471. The van der Waals surface area contributed by atoms with Crippen LogP contribution in [-0.4, -0.2) is 51.3 Å². The lowest BCUT2D eigenvalue weighted by molar-refractivity contribution is -0.137. The average Bonchev–Trinajstić information content (AvgIpc) is 2.51. The van der Waals surface area contributed by atoms with Crippen molar-refractivity contribution in [2.24, 2.45) is 0 Å². The van der Waals surface area contributed by atoms with E-state index in [-0.39, 0.29) is 6.61 Å². The predicted molar refractivity (Wildman–Crippen MR) is 95.8 cm³/mol. The molecule has 0 radical (unpaired) electrons. The highest BCUT2D eigenvalue weighted by Crippen LogP contribution is 2.24. The summed E-state index contributed by atoms with van der Waals surface area (Å²) in [5, 5.41) is 0.674. The fourth-order valence-electron chi connectivity index (χ4n) is 2.72. The first-order valence-electron chi connectivity index (χ1n) is 7.99. The van der Waals surface area contributed by atoms with Gasteiger partial charge in [-0.05, 0) is 30.5 Å². The molecule has 6 nitrogen and oxygen atoms in total. The third-order valence-corrected chi connectivity index (χ3v) is 4.71. The van der Waals surface area contributed by atoms with E-state index in [9.17, 15) is 13.2 Å². The molecule has 2 rings (SSSR count). The number of hydrogen-bond acceptors (Lipinski definition) is 6. The summed E-state index contributed by atoms with van der Waals surface area (Å²) in [5.74, 6) is -0.501. The highest BCUT2D eigenvalue weighted by atomic mass is 35.5. The van der Waals surface area contributed by atoms with E-state index in [0.717, 1.165) is 11.8 Å². The Bertz CT molecular complexity index is 747. The van der Waals surface area contributed by atoms with Crippen LogP contribution in [0.5, 0.6) is 0 Å². The highest BCUT2D eigenvalue weighted by Gasteiger charge is 2.28. The second-order valence-corrected chi connectivity index (χ2v) is 7.86. The number of piperidine rings is 1. The molecular formula is C17H22ClNO5S. The lowest BCUT2D eigenvalue weighted by Gasteiger charge is -2.33. The number of rotatable bonds is 6. The van der Waals surface area contributed by atoms with Gasteiger partial charge in [0.25, 0.3) is 10.1 Å². The van der Waals surface area contributed by atoms with Crippen molar-refractivity contribution in [3.05, 3.63) is 46.5 Å². The number of benzene rings is 1. The first-order valence-corrected chi connectivity index (χ1v) is 10.2. The molecule has 0 saturated carbocycles. The van der Waals surface area contributed by atoms with Crippen molar-refractivity contribution in [3.8, 4) is 0 Å². The van der Waals surface area contributed by atoms with Gasteiger partial charge >= 0.3 is 5.97 Å². The standard InChI is InChI=1S/C17H22ClNO5S/c1-3-23-17(20)10-14-12-19(9-8-16(14)24-25(2,21)22)11-13-6-4-5-7-15(13)18/h4-7,10,16H,3,8-9,11-12H2,1-2H3/b14-10+. The summed E-state index contributed by atoms with van der Waals surface area (Å²) in [4.78, 5) is 13.9. The van der Waals surface area contributed by atoms with Gasteiger partial charge in [-0.3, -0.25) is 9.08 Å². The molecule has 1 saturated heterocycles. The van der Waals surface area contributed by atoms with Crippen LogP contribution in [0.1, 0.15) is 18.9 Å². The second kappa shape index (κ2) is 8.80. The Balaban J connectivity index is 2.15. The zero-order chi connectivity index (χ0) is 18.4. The number of halogens is 1. The van der Waals surface area contributed by atoms with Crippen LogP contribution in [0.3, 0.4) is 0 Å². The van der Waals surface area contributed by atoms with Crippen molar-refractivity contribution in [2.45, 2.75) is 26.0 Å².